The Morgan fingerprint density at radius 3 is 2.19 bits per heavy atom. The van der Waals surface area contributed by atoms with Gasteiger partial charge in [-0.2, -0.15) is 0 Å². The fourth-order valence-electron chi connectivity index (χ4n) is 1.49. The lowest BCUT2D eigenvalue weighted by atomic mass is 10.1. The Labute approximate surface area is 123 Å². The van der Waals surface area contributed by atoms with Crippen LogP contribution in [0.5, 0.6) is 0 Å². The number of carboxylic acid groups (broad SMARTS) is 1. The summed E-state index contributed by atoms with van der Waals surface area (Å²) in [6, 6.07) is 5.45. The van der Waals surface area contributed by atoms with Crippen LogP contribution in [0.15, 0.2) is 41.3 Å². The summed E-state index contributed by atoms with van der Waals surface area (Å²) >= 11 is 0. The van der Waals surface area contributed by atoms with Crippen LogP contribution in [0.3, 0.4) is 0 Å². The molecule has 1 rings (SSSR count). The summed E-state index contributed by atoms with van der Waals surface area (Å²) in [4.78, 5) is 23.9. The SMILES string of the molecule is CN(C)CCS(=O)(=O)c1ccc(C(=O)/C=C/C(=O)O)cc1. The Morgan fingerprint density at radius 1 is 1.14 bits per heavy atom. The number of rotatable bonds is 7. The highest BCUT2D eigenvalue weighted by molar-refractivity contribution is 7.91. The molecule has 0 bridgehead atoms. The molecule has 0 aliphatic heterocycles. The number of ketones is 1. The summed E-state index contributed by atoms with van der Waals surface area (Å²) in [6.45, 7) is 0.407. The molecule has 7 heteroatoms. The molecule has 0 aromatic heterocycles. The lowest BCUT2D eigenvalue weighted by molar-refractivity contribution is -0.131. The van der Waals surface area contributed by atoms with E-state index in [1.807, 2.05) is 0 Å². The lowest BCUT2D eigenvalue weighted by Crippen LogP contribution is -2.22. The molecule has 0 unspecified atom stereocenters. The molecule has 0 aliphatic rings. The second-order valence-corrected chi connectivity index (χ2v) is 6.79. The van der Waals surface area contributed by atoms with Gasteiger partial charge in [-0.05, 0) is 44.4 Å². The number of carbonyl (C=O) groups excluding carboxylic acids is 1. The van der Waals surface area contributed by atoms with Crippen molar-refractivity contribution < 1.29 is 23.1 Å². The molecule has 0 saturated heterocycles. The van der Waals surface area contributed by atoms with Crippen LogP contribution in [-0.2, 0) is 14.6 Å². The van der Waals surface area contributed by atoms with Crippen molar-refractivity contribution >= 4 is 21.6 Å². The second kappa shape index (κ2) is 7.14. The van der Waals surface area contributed by atoms with Gasteiger partial charge in [-0.1, -0.05) is 0 Å². The summed E-state index contributed by atoms with van der Waals surface area (Å²) < 4.78 is 24.1. The lowest BCUT2D eigenvalue weighted by Gasteiger charge is -2.10. The molecule has 0 atom stereocenters. The Kier molecular flexibility index (Phi) is 5.80. The van der Waals surface area contributed by atoms with E-state index in [-0.39, 0.29) is 16.2 Å². The normalized spacial score (nSPS) is 12.0. The van der Waals surface area contributed by atoms with E-state index in [1.165, 1.54) is 24.3 Å². The zero-order valence-corrected chi connectivity index (χ0v) is 12.6. The van der Waals surface area contributed by atoms with E-state index in [0.29, 0.717) is 6.54 Å². The van der Waals surface area contributed by atoms with Crippen LogP contribution < -0.4 is 0 Å². The number of benzene rings is 1. The van der Waals surface area contributed by atoms with Gasteiger partial charge in [0.1, 0.15) is 0 Å². The van der Waals surface area contributed by atoms with Crippen molar-refractivity contribution in [2.24, 2.45) is 0 Å². The number of allylic oxidation sites excluding steroid dienone is 1. The zero-order chi connectivity index (χ0) is 16.0. The largest absolute Gasteiger partial charge is 0.478 e. The molecule has 21 heavy (non-hydrogen) atoms. The molecule has 114 valence electrons. The summed E-state index contributed by atoms with van der Waals surface area (Å²) in [6.07, 6.45) is 1.67. The van der Waals surface area contributed by atoms with Crippen LogP contribution in [0.1, 0.15) is 10.4 Å². The monoisotopic (exact) mass is 311 g/mol. The van der Waals surface area contributed by atoms with Crippen molar-refractivity contribution in [2.75, 3.05) is 26.4 Å². The van der Waals surface area contributed by atoms with Crippen molar-refractivity contribution in [2.45, 2.75) is 4.90 Å². The van der Waals surface area contributed by atoms with Gasteiger partial charge in [0.25, 0.3) is 0 Å². The number of aliphatic carboxylic acids is 1. The van der Waals surface area contributed by atoms with Gasteiger partial charge in [0.2, 0.25) is 0 Å². The molecule has 0 fully saturated rings. The maximum atomic E-state index is 12.0. The standard InChI is InChI=1S/C14H17NO5S/c1-15(2)9-10-21(19,20)12-5-3-11(4-6-12)13(16)7-8-14(17)18/h3-8H,9-10H2,1-2H3,(H,17,18)/b8-7+. The Bertz CT molecular complexity index is 644. The van der Waals surface area contributed by atoms with Gasteiger partial charge in [0.05, 0.1) is 10.6 Å². The maximum absolute atomic E-state index is 12.0. The number of sulfone groups is 1. The zero-order valence-electron chi connectivity index (χ0n) is 11.8. The first-order valence-electron chi connectivity index (χ1n) is 6.15. The van der Waals surface area contributed by atoms with Gasteiger partial charge in [0.15, 0.2) is 15.6 Å². The van der Waals surface area contributed by atoms with Gasteiger partial charge in [-0.15, -0.1) is 0 Å². The first-order chi connectivity index (χ1) is 9.72. The molecule has 1 N–H and O–H groups in total. The molecule has 0 saturated carbocycles. The molecule has 0 spiro atoms. The van der Waals surface area contributed by atoms with Crippen LogP contribution in [0.4, 0.5) is 0 Å². The molecule has 0 aliphatic carbocycles. The Hall–Kier alpha value is -1.99. The minimum absolute atomic E-state index is 0.00773. The van der Waals surface area contributed by atoms with Gasteiger partial charge in [0, 0.05) is 18.2 Å². The smallest absolute Gasteiger partial charge is 0.328 e. The molecule has 0 radical (unpaired) electrons. The number of hydrogen-bond acceptors (Lipinski definition) is 5. The highest BCUT2D eigenvalue weighted by Gasteiger charge is 2.15. The third-order valence-corrected chi connectivity index (χ3v) is 4.39. The van der Waals surface area contributed by atoms with Crippen molar-refractivity contribution in [3.63, 3.8) is 0 Å². The fourth-order valence-corrected chi connectivity index (χ4v) is 2.88. The van der Waals surface area contributed by atoms with Crippen LogP contribution in [0, 0.1) is 0 Å². The van der Waals surface area contributed by atoms with E-state index < -0.39 is 21.6 Å². The van der Waals surface area contributed by atoms with Crippen LogP contribution in [0.2, 0.25) is 0 Å². The van der Waals surface area contributed by atoms with E-state index in [9.17, 15) is 18.0 Å². The van der Waals surface area contributed by atoms with Gasteiger partial charge < -0.3 is 10.0 Å². The van der Waals surface area contributed by atoms with Crippen molar-refractivity contribution in [3.8, 4) is 0 Å². The molecule has 6 nitrogen and oxygen atoms in total. The average molecular weight is 311 g/mol. The Balaban J connectivity index is 2.87. The quantitative estimate of drug-likeness (QED) is 0.593. The summed E-state index contributed by atoms with van der Waals surface area (Å²) in [5.74, 6) is -1.72. The third-order valence-electron chi connectivity index (χ3n) is 2.68. The van der Waals surface area contributed by atoms with Crippen LogP contribution in [0.25, 0.3) is 0 Å². The second-order valence-electron chi connectivity index (χ2n) is 4.68. The number of carbonyl (C=O) groups is 2. The van der Waals surface area contributed by atoms with Gasteiger partial charge in [-0.3, -0.25) is 4.79 Å². The molecule has 0 amide bonds. The van der Waals surface area contributed by atoms with Crippen LogP contribution in [-0.4, -0.2) is 56.6 Å². The molecule has 0 heterocycles. The molecule has 1 aromatic carbocycles. The van der Waals surface area contributed by atoms with Crippen LogP contribution >= 0.6 is 0 Å². The predicted octanol–water partition coefficient (Wildman–Crippen LogP) is 0.845. The topological polar surface area (TPSA) is 91.8 Å². The number of carboxylic acids is 1. The maximum Gasteiger partial charge on any atom is 0.328 e. The fraction of sp³-hybridized carbons (Fsp3) is 0.286. The predicted molar refractivity (Wildman–Crippen MR) is 78.2 cm³/mol. The first-order valence-corrected chi connectivity index (χ1v) is 7.80. The van der Waals surface area contributed by atoms with Gasteiger partial charge in [-0.25, -0.2) is 13.2 Å². The van der Waals surface area contributed by atoms with E-state index in [0.717, 1.165) is 12.2 Å². The summed E-state index contributed by atoms with van der Waals surface area (Å²) in [7, 11) is 0.179. The highest BCUT2D eigenvalue weighted by Crippen LogP contribution is 2.13. The van der Waals surface area contributed by atoms with E-state index in [4.69, 9.17) is 5.11 Å². The van der Waals surface area contributed by atoms with E-state index in [1.54, 1.807) is 19.0 Å². The van der Waals surface area contributed by atoms with E-state index >= 15 is 0 Å². The first kappa shape index (κ1) is 17.1. The van der Waals surface area contributed by atoms with Crippen molar-refractivity contribution in [3.05, 3.63) is 42.0 Å². The third kappa shape index (κ3) is 5.49. The van der Waals surface area contributed by atoms with E-state index in [2.05, 4.69) is 0 Å². The average Bonchev–Trinajstić information content (AvgIpc) is 2.43. The molecule has 1 aromatic rings. The molecular weight excluding hydrogens is 294 g/mol. The Morgan fingerprint density at radius 2 is 1.71 bits per heavy atom. The minimum atomic E-state index is -3.39. The minimum Gasteiger partial charge on any atom is -0.478 e. The number of hydrogen-bond donors (Lipinski definition) is 1. The highest BCUT2D eigenvalue weighted by atomic mass is 32.2. The summed E-state index contributed by atoms with van der Waals surface area (Å²) in [5, 5.41) is 8.44. The van der Waals surface area contributed by atoms with Gasteiger partial charge >= 0.3 is 5.97 Å². The molecular formula is C14H17NO5S. The van der Waals surface area contributed by atoms with Crippen molar-refractivity contribution in [1.82, 2.24) is 4.90 Å². The number of nitrogens with zero attached hydrogens (tertiary/aromatic N) is 1. The van der Waals surface area contributed by atoms with Crippen molar-refractivity contribution in [1.29, 1.82) is 0 Å². The summed E-state index contributed by atoms with van der Waals surface area (Å²) in [5.41, 5.74) is 0.235.